The molecule has 4 heteroatoms. The van der Waals surface area contributed by atoms with E-state index in [0.29, 0.717) is 6.42 Å². The number of carbonyl (C=O) groups is 1. The van der Waals surface area contributed by atoms with Crippen LogP contribution in [0.3, 0.4) is 0 Å². The first kappa shape index (κ1) is 12.8. The molecule has 0 atom stereocenters. The molecule has 0 fully saturated rings. The number of benzene rings is 1. The van der Waals surface area contributed by atoms with Crippen LogP contribution >= 0.6 is 11.3 Å². The van der Waals surface area contributed by atoms with E-state index >= 15 is 0 Å². The van der Waals surface area contributed by atoms with Gasteiger partial charge in [-0.3, -0.25) is 4.79 Å². The Labute approximate surface area is 110 Å². The molecule has 18 heavy (non-hydrogen) atoms. The third kappa shape index (κ3) is 2.97. The molecule has 1 amide bonds. The van der Waals surface area contributed by atoms with Gasteiger partial charge in [0.05, 0.1) is 4.88 Å². The van der Waals surface area contributed by atoms with Gasteiger partial charge in [0.2, 0.25) is 0 Å². The summed E-state index contributed by atoms with van der Waals surface area (Å²) in [6.45, 7) is 2.07. The number of anilines is 1. The van der Waals surface area contributed by atoms with Crippen LogP contribution in [0.2, 0.25) is 0 Å². The molecule has 1 aromatic heterocycles. The number of nitrogens with one attached hydrogen (secondary N) is 1. The molecular weight excluding hydrogens is 246 g/mol. The lowest BCUT2D eigenvalue weighted by molar-refractivity contribution is 0.103. The highest BCUT2D eigenvalue weighted by Gasteiger charge is 2.10. The summed E-state index contributed by atoms with van der Waals surface area (Å²) in [7, 11) is 0. The molecule has 0 saturated heterocycles. The van der Waals surface area contributed by atoms with E-state index in [0.717, 1.165) is 21.7 Å². The number of aliphatic hydroxyl groups is 1. The van der Waals surface area contributed by atoms with Crippen molar-refractivity contribution < 1.29 is 9.90 Å². The number of carbonyl (C=O) groups excluding carboxylic acids is 1. The lowest BCUT2D eigenvalue weighted by Gasteiger charge is -2.05. The maximum atomic E-state index is 12.0. The van der Waals surface area contributed by atoms with Crippen molar-refractivity contribution in [1.29, 1.82) is 0 Å². The van der Waals surface area contributed by atoms with E-state index in [-0.39, 0.29) is 12.5 Å². The summed E-state index contributed by atoms with van der Waals surface area (Å²) < 4.78 is 0. The Hall–Kier alpha value is -1.65. The van der Waals surface area contributed by atoms with Gasteiger partial charge in [-0.15, -0.1) is 11.3 Å². The highest BCUT2D eigenvalue weighted by atomic mass is 32.1. The van der Waals surface area contributed by atoms with Crippen LogP contribution in [0.4, 0.5) is 5.69 Å². The Morgan fingerprint density at radius 1 is 1.28 bits per heavy atom. The average molecular weight is 261 g/mol. The van der Waals surface area contributed by atoms with E-state index in [1.54, 1.807) is 0 Å². The number of thiophene rings is 1. The summed E-state index contributed by atoms with van der Waals surface area (Å²) >= 11 is 1.44. The molecule has 1 heterocycles. The SMILES string of the molecule is Cc1ccsc1C(=O)Nc1ccc(CCO)cc1. The van der Waals surface area contributed by atoms with Crippen LogP contribution in [0.5, 0.6) is 0 Å². The molecule has 2 aromatic rings. The fourth-order valence-corrected chi connectivity index (χ4v) is 2.50. The lowest BCUT2D eigenvalue weighted by Crippen LogP contribution is -2.11. The molecule has 0 aliphatic heterocycles. The number of amides is 1. The summed E-state index contributed by atoms with van der Waals surface area (Å²) in [6.07, 6.45) is 0.637. The Morgan fingerprint density at radius 2 is 2.00 bits per heavy atom. The Kier molecular flexibility index (Phi) is 4.12. The van der Waals surface area contributed by atoms with Gasteiger partial charge in [-0.2, -0.15) is 0 Å². The minimum Gasteiger partial charge on any atom is -0.396 e. The molecular formula is C14H15NO2S. The molecule has 0 bridgehead atoms. The van der Waals surface area contributed by atoms with Gasteiger partial charge in [-0.1, -0.05) is 12.1 Å². The van der Waals surface area contributed by atoms with Crippen molar-refractivity contribution >= 4 is 22.9 Å². The molecule has 2 rings (SSSR count). The van der Waals surface area contributed by atoms with Crippen molar-refractivity contribution in [2.75, 3.05) is 11.9 Å². The average Bonchev–Trinajstić information content (AvgIpc) is 2.78. The maximum absolute atomic E-state index is 12.0. The number of aliphatic hydroxyl groups excluding tert-OH is 1. The number of hydrogen-bond donors (Lipinski definition) is 2. The standard InChI is InChI=1S/C14H15NO2S/c1-10-7-9-18-13(10)14(17)15-12-4-2-11(3-5-12)6-8-16/h2-5,7,9,16H,6,8H2,1H3,(H,15,17). The van der Waals surface area contributed by atoms with Crippen LogP contribution in [0, 0.1) is 6.92 Å². The van der Waals surface area contributed by atoms with Gasteiger partial charge in [0, 0.05) is 12.3 Å². The summed E-state index contributed by atoms with van der Waals surface area (Å²) in [4.78, 5) is 12.7. The summed E-state index contributed by atoms with van der Waals surface area (Å²) in [5.74, 6) is -0.0718. The zero-order valence-corrected chi connectivity index (χ0v) is 11.0. The maximum Gasteiger partial charge on any atom is 0.265 e. The Balaban J connectivity index is 2.05. The number of rotatable bonds is 4. The van der Waals surface area contributed by atoms with E-state index in [1.807, 2.05) is 42.6 Å². The van der Waals surface area contributed by atoms with E-state index in [9.17, 15) is 4.79 Å². The first-order valence-electron chi connectivity index (χ1n) is 5.76. The predicted octanol–water partition coefficient (Wildman–Crippen LogP) is 2.84. The fraction of sp³-hybridized carbons (Fsp3) is 0.214. The van der Waals surface area contributed by atoms with Crippen LogP contribution in [-0.4, -0.2) is 17.6 Å². The number of hydrogen-bond acceptors (Lipinski definition) is 3. The fourth-order valence-electron chi connectivity index (χ4n) is 1.68. The van der Waals surface area contributed by atoms with Crippen LogP contribution in [0.15, 0.2) is 35.7 Å². The van der Waals surface area contributed by atoms with Crippen LogP contribution < -0.4 is 5.32 Å². The molecule has 0 aliphatic rings. The topological polar surface area (TPSA) is 49.3 Å². The molecule has 0 radical (unpaired) electrons. The minimum atomic E-state index is -0.0718. The molecule has 3 nitrogen and oxygen atoms in total. The van der Waals surface area contributed by atoms with Crippen molar-refractivity contribution in [3.63, 3.8) is 0 Å². The van der Waals surface area contributed by atoms with Crippen molar-refractivity contribution in [2.45, 2.75) is 13.3 Å². The highest BCUT2D eigenvalue weighted by Crippen LogP contribution is 2.18. The van der Waals surface area contributed by atoms with Gasteiger partial charge in [0.15, 0.2) is 0 Å². The predicted molar refractivity (Wildman–Crippen MR) is 74.2 cm³/mol. The lowest BCUT2D eigenvalue weighted by atomic mass is 10.1. The van der Waals surface area contributed by atoms with Gasteiger partial charge in [-0.25, -0.2) is 0 Å². The minimum absolute atomic E-state index is 0.0718. The second kappa shape index (κ2) is 5.80. The quantitative estimate of drug-likeness (QED) is 0.889. The largest absolute Gasteiger partial charge is 0.396 e. The molecule has 0 spiro atoms. The van der Waals surface area contributed by atoms with Crippen LogP contribution in [0.1, 0.15) is 20.8 Å². The molecule has 0 aliphatic carbocycles. The Morgan fingerprint density at radius 3 is 2.56 bits per heavy atom. The van der Waals surface area contributed by atoms with Gasteiger partial charge in [0.25, 0.3) is 5.91 Å². The molecule has 1 aromatic carbocycles. The van der Waals surface area contributed by atoms with Crippen LogP contribution in [-0.2, 0) is 6.42 Å². The monoisotopic (exact) mass is 261 g/mol. The molecule has 94 valence electrons. The van der Waals surface area contributed by atoms with E-state index in [2.05, 4.69) is 5.32 Å². The van der Waals surface area contributed by atoms with Crippen molar-refractivity contribution in [2.24, 2.45) is 0 Å². The summed E-state index contributed by atoms with van der Waals surface area (Å²) in [5.41, 5.74) is 2.83. The molecule has 0 saturated carbocycles. The molecule has 2 N–H and O–H groups in total. The third-order valence-corrected chi connectivity index (χ3v) is 3.70. The van der Waals surface area contributed by atoms with Gasteiger partial charge >= 0.3 is 0 Å². The third-order valence-electron chi connectivity index (χ3n) is 2.68. The van der Waals surface area contributed by atoms with Crippen molar-refractivity contribution in [3.05, 3.63) is 51.7 Å². The first-order valence-corrected chi connectivity index (χ1v) is 6.64. The van der Waals surface area contributed by atoms with Crippen LogP contribution in [0.25, 0.3) is 0 Å². The highest BCUT2D eigenvalue weighted by molar-refractivity contribution is 7.12. The normalized spacial score (nSPS) is 10.3. The zero-order chi connectivity index (χ0) is 13.0. The summed E-state index contributed by atoms with van der Waals surface area (Å²) in [6, 6.07) is 9.46. The first-order chi connectivity index (χ1) is 8.70. The Bertz CT molecular complexity index is 531. The van der Waals surface area contributed by atoms with E-state index in [4.69, 9.17) is 5.11 Å². The second-order valence-electron chi connectivity index (χ2n) is 4.06. The second-order valence-corrected chi connectivity index (χ2v) is 4.97. The van der Waals surface area contributed by atoms with E-state index < -0.39 is 0 Å². The number of aryl methyl sites for hydroxylation is 1. The molecule has 0 unspecified atom stereocenters. The summed E-state index contributed by atoms with van der Waals surface area (Å²) in [5, 5.41) is 13.6. The van der Waals surface area contributed by atoms with E-state index in [1.165, 1.54) is 11.3 Å². The van der Waals surface area contributed by atoms with Gasteiger partial charge in [0.1, 0.15) is 0 Å². The van der Waals surface area contributed by atoms with Crippen molar-refractivity contribution in [3.8, 4) is 0 Å². The van der Waals surface area contributed by atoms with Crippen molar-refractivity contribution in [1.82, 2.24) is 0 Å². The smallest absolute Gasteiger partial charge is 0.265 e. The van der Waals surface area contributed by atoms with Gasteiger partial charge in [-0.05, 0) is 48.1 Å². The zero-order valence-electron chi connectivity index (χ0n) is 10.1. The van der Waals surface area contributed by atoms with Gasteiger partial charge < -0.3 is 10.4 Å².